The van der Waals surface area contributed by atoms with Crippen LogP contribution in [0.2, 0.25) is 0 Å². The number of nitrogens with one attached hydrogen (secondary N) is 1. The molecule has 1 aromatic heterocycles. The lowest BCUT2D eigenvalue weighted by Crippen LogP contribution is -2.39. The molecule has 1 N–H and O–H groups in total. The Morgan fingerprint density at radius 1 is 1.18 bits per heavy atom. The fourth-order valence-electron chi connectivity index (χ4n) is 3.36. The maximum absolute atomic E-state index is 12.5. The van der Waals surface area contributed by atoms with Crippen LogP contribution in [0.1, 0.15) is 37.5 Å². The van der Waals surface area contributed by atoms with E-state index in [0.717, 1.165) is 32.5 Å². The summed E-state index contributed by atoms with van der Waals surface area (Å²) in [5.74, 6) is 1.78. The molecular weight excluding hydrogens is 392 g/mol. The third kappa shape index (κ3) is 6.04. The van der Waals surface area contributed by atoms with Gasteiger partial charge in [-0.2, -0.15) is 0 Å². The van der Waals surface area contributed by atoms with Crippen molar-refractivity contribution in [2.45, 2.75) is 37.5 Å². The second kappa shape index (κ2) is 9.87. The van der Waals surface area contributed by atoms with E-state index in [-0.39, 0.29) is 4.90 Å². The molecule has 2 heterocycles. The molecule has 1 aromatic carbocycles. The third-order valence-electron chi connectivity index (χ3n) is 4.97. The molecule has 5 nitrogen and oxygen atoms in total. The van der Waals surface area contributed by atoms with Crippen molar-refractivity contribution in [1.82, 2.24) is 9.62 Å². The summed E-state index contributed by atoms with van der Waals surface area (Å²) >= 11 is 1.84. The number of piperidine rings is 1. The Hall–Kier alpha value is -1.41. The average Bonchev–Trinajstić information content (AvgIpc) is 3.22. The fourth-order valence-corrected chi connectivity index (χ4v) is 5.28. The van der Waals surface area contributed by atoms with Crippen molar-refractivity contribution in [1.29, 1.82) is 0 Å². The molecule has 2 aromatic rings. The van der Waals surface area contributed by atoms with Crippen LogP contribution in [0.3, 0.4) is 0 Å². The number of rotatable bonds is 9. The summed E-state index contributed by atoms with van der Waals surface area (Å²) in [5.41, 5.74) is 0. The van der Waals surface area contributed by atoms with Gasteiger partial charge in [-0.05, 0) is 73.5 Å². The normalized spacial score (nSPS) is 16.5. The number of hydrogen-bond donors (Lipinski definition) is 1. The molecule has 0 spiro atoms. The van der Waals surface area contributed by atoms with Gasteiger partial charge in [-0.3, -0.25) is 0 Å². The molecule has 1 aliphatic rings. The zero-order chi connectivity index (χ0) is 20.0. The van der Waals surface area contributed by atoms with Crippen LogP contribution in [0.4, 0.5) is 0 Å². The minimum atomic E-state index is -3.49. The SMILES string of the molecule is CC(C)COc1ccc(S(=O)(=O)NCCN2CCC(c3cccs3)CC2)cc1. The van der Waals surface area contributed by atoms with Crippen molar-refractivity contribution >= 4 is 21.4 Å². The minimum absolute atomic E-state index is 0.279. The number of nitrogens with zero attached hydrogens (tertiary/aromatic N) is 1. The Morgan fingerprint density at radius 2 is 1.89 bits per heavy atom. The van der Waals surface area contributed by atoms with Crippen molar-refractivity contribution in [2.24, 2.45) is 5.92 Å². The molecule has 1 fully saturated rings. The second-order valence-electron chi connectivity index (χ2n) is 7.71. The highest BCUT2D eigenvalue weighted by molar-refractivity contribution is 7.89. The first kappa shape index (κ1) is 21.3. The second-order valence-corrected chi connectivity index (χ2v) is 10.5. The summed E-state index contributed by atoms with van der Waals surface area (Å²) < 4.78 is 33.3. The van der Waals surface area contributed by atoms with E-state index in [1.165, 1.54) is 4.88 Å². The van der Waals surface area contributed by atoms with Crippen molar-refractivity contribution in [3.63, 3.8) is 0 Å². The van der Waals surface area contributed by atoms with Gasteiger partial charge >= 0.3 is 0 Å². The molecule has 7 heteroatoms. The number of benzene rings is 1. The summed E-state index contributed by atoms with van der Waals surface area (Å²) in [4.78, 5) is 4.09. The first-order chi connectivity index (χ1) is 13.4. The highest BCUT2D eigenvalue weighted by Gasteiger charge is 2.21. The molecule has 0 aliphatic carbocycles. The van der Waals surface area contributed by atoms with Crippen LogP contribution in [0.15, 0.2) is 46.7 Å². The number of ether oxygens (including phenoxy) is 1. The highest BCUT2D eigenvalue weighted by Crippen LogP contribution is 2.30. The van der Waals surface area contributed by atoms with E-state index in [1.54, 1.807) is 24.3 Å². The Morgan fingerprint density at radius 3 is 2.50 bits per heavy atom. The Labute approximate surface area is 172 Å². The van der Waals surface area contributed by atoms with Crippen LogP contribution in [0.25, 0.3) is 0 Å². The van der Waals surface area contributed by atoms with E-state index >= 15 is 0 Å². The number of likely N-dealkylation sites (tertiary alicyclic amines) is 1. The zero-order valence-electron chi connectivity index (χ0n) is 16.6. The topological polar surface area (TPSA) is 58.6 Å². The lowest BCUT2D eigenvalue weighted by molar-refractivity contribution is 0.217. The summed E-state index contributed by atoms with van der Waals surface area (Å²) in [7, 11) is -3.49. The molecule has 0 radical (unpaired) electrons. The first-order valence-electron chi connectivity index (χ1n) is 9.92. The zero-order valence-corrected chi connectivity index (χ0v) is 18.3. The average molecular weight is 423 g/mol. The lowest BCUT2D eigenvalue weighted by Gasteiger charge is -2.31. The first-order valence-corrected chi connectivity index (χ1v) is 12.3. The van der Waals surface area contributed by atoms with Gasteiger partial charge in [-0.15, -0.1) is 11.3 Å². The van der Waals surface area contributed by atoms with E-state index in [4.69, 9.17) is 4.74 Å². The summed E-state index contributed by atoms with van der Waals surface area (Å²) in [5, 5.41) is 2.14. The minimum Gasteiger partial charge on any atom is -0.493 e. The smallest absolute Gasteiger partial charge is 0.240 e. The molecule has 1 saturated heterocycles. The van der Waals surface area contributed by atoms with Crippen molar-refractivity contribution in [2.75, 3.05) is 32.8 Å². The molecule has 0 atom stereocenters. The molecule has 154 valence electrons. The predicted octanol–water partition coefficient (Wildman–Crippen LogP) is 3.94. The van der Waals surface area contributed by atoms with Gasteiger partial charge in [-0.1, -0.05) is 19.9 Å². The van der Waals surface area contributed by atoms with Crippen molar-refractivity contribution in [3.05, 3.63) is 46.7 Å². The molecule has 0 unspecified atom stereocenters. The van der Waals surface area contributed by atoms with Crippen LogP contribution in [-0.2, 0) is 10.0 Å². The summed E-state index contributed by atoms with van der Waals surface area (Å²) in [6, 6.07) is 11.0. The van der Waals surface area contributed by atoms with Gasteiger partial charge in [0.15, 0.2) is 0 Å². The molecular formula is C21H30N2O3S2. The van der Waals surface area contributed by atoms with E-state index < -0.39 is 10.0 Å². The molecule has 0 amide bonds. The van der Waals surface area contributed by atoms with E-state index in [9.17, 15) is 8.42 Å². The number of sulfonamides is 1. The summed E-state index contributed by atoms with van der Waals surface area (Å²) in [6.45, 7) is 7.98. The van der Waals surface area contributed by atoms with Gasteiger partial charge in [0.05, 0.1) is 11.5 Å². The van der Waals surface area contributed by atoms with Crippen LogP contribution >= 0.6 is 11.3 Å². The maximum Gasteiger partial charge on any atom is 0.240 e. The van der Waals surface area contributed by atoms with Crippen molar-refractivity contribution in [3.8, 4) is 5.75 Å². The number of hydrogen-bond acceptors (Lipinski definition) is 5. The Bertz CT molecular complexity index is 810. The van der Waals surface area contributed by atoms with E-state index in [2.05, 4.69) is 41.0 Å². The molecule has 3 rings (SSSR count). The number of thiophene rings is 1. The van der Waals surface area contributed by atoms with Crippen LogP contribution in [-0.4, -0.2) is 46.1 Å². The predicted molar refractivity (Wildman–Crippen MR) is 115 cm³/mol. The van der Waals surface area contributed by atoms with Crippen LogP contribution in [0.5, 0.6) is 5.75 Å². The Kier molecular flexibility index (Phi) is 7.51. The standard InChI is InChI=1S/C21H30N2O3S2/c1-17(2)16-26-19-5-7-20(8-6-19)28(24,25)22-11-14-23-12-9-18(10-13-23)21-4-3-15-27-21/h3-8,15,17-18,22H,9-14,16H2,1-2H3. The van der Waals surface area contributed by atoms with Gasteiger partial charge in [0.1, 0.15) is 5.75 Å². The monoisotopic (exact) mass is 422 g/mol. The quantitative estimate of drug-likeness (QED) is 0.665. The van der Waals surface area contributed by atoms with E-state index in [0.29, 0.717) is 30.7 Å². The van der Waals surface area contributed by atoms with Crippen LogP contribution < -0.4 is 9.46 Å². The lowest BCUT2D eigenvalue weighted by atomic mass is 9.95. The van der Waals surface area contributed by atoms with Gasteiger partial charge in [0.2, 0.25) is 10.0 Å². The van der Waals surface area contributed by atoms with Gasteiger partial charge in [0, 0.05) is 18.0 Å². The van der Waals surface area contributed by atoms with E-state index in [1.807, 2.05) is 11.3 Å². The van der Waals surface area contributed by atoms with Gasteiger partial charge in [-0.25, -0.2) is 13.1 Å². The molecule has 1 aliphatic heterocycles. The van der Waals surface area contributed by atoms with Gasteiger partial charge in [0.25, 0.3) is 0 Å². The van der Waals surface area contributed by atoms with Crippen LogP contribution in [0, 0.1) is 5.92 Å². The maximum atomic E-state index is 12.5. The molecule has 0 bridgehead atoms. The van der Waals surface area contributed by atoms with Gasteiger partial charge < -0.3 is 9.64 Å². The fraction of sp³-hybridized carbons (Fsp3) is 0.524. The third-order valence-corrected chi connectivity index (χ3v) is 7.48. The van der Waals surface area contributed by atoms with Crippen molar-refractivity contribution < 1.29 is 13.2 Å². The summed E-state index contributed by atoms with van der Waals surface area (Å²) in [6.07, 6.45) is 2.29. The Balaban J connectivity index is 1.42. The largest absolute Gasteiger partial charge is 0.493 e. The highest BCUT2D eigenvalue weighted by atomic mass is 32.2. The molecule has 0 saturated carbocycles. The molecule has 28 heavy (non-hydrogen) atoms.